The number of aryl methyl sites for hydroxylation is 2. The Morgan fingerprint density at radius 3 is 2.56 bits per heavy atom. The lowest BCUT2D eigenvalue weighted by Gasteiger charge is -2.40. The molecule has 3 aromatic rings. The lowest BCUT2D eigenvalue weighted by molar-refractivity contribution is -0.142. The Morgan fingerprint density at radius 1 is 1.11 bits per heavy atom. The molecule has 0 amide bonds. The third kappa shape index (κ3) is 3.26. The van der Waals surface area contributed by atoms with Crippen LogP contribution in [0.25, 0.3) is 5.65 Å². The summed E-state index contributed by atoms with van der Waals surface area (Å²) >= 11 is 0. The minimum Gasteiger partial charge on any atom is -0.356 e. The van der Waals surface area contributed by atoms with Crippen LogP contribution in [0.1, 0.15) is 17.1 Å². The lowest BCUT2D eigenvalue weighted by atomic mass is 10.0. The smallest absolute Gasteiger partial charge is 0.356 e. The van der Waals surface area contributed by atoms with Gasteiger partial charge in [0.25, 0.3) is 5.56 Å². The molecule has 3 aromatic heterocycles. The van der Waals surface area contributed by atoms with Crippen molar-refractivity contribution in [3.63, 3.8) is 0 Å². The summed E-state index contributed by atoms with van der Waals surface area (Å²) in [6, 6.07) is 5.43. The molecular formula is C17H17F3N6O. The second-order valence-corrected chi connectivity index (χ2v) is 6.82. The number of alkyl halides is 3. The Bertz CT molecular complexity index is 1060. The van der Waals surface area contributed by atoms with Crippen LogP contribution in [0.15, 0.2) is 29.1 Å². The van der Waals surface area contributed by atoms with Gasteiger partial charge in [-0.2, -0.15) is 27.9 Å². The van der Waals surface area contributed by atoms with Gasteiger partial charge >= 0.3 is 6.18 Å². The van der Waals surface area contributed by atoms with Gasteiger partial charge in [-0.05, 0) is 19.9 Å². The Hall–Kier alpha value is -2.91. The second-order valence-electron chi connectivity index (χ2n) is 6.82. The van der Waals surface area contributed by atoms with E-state index >= 15 is 0 Å². The van der Waals surface area contributed by atoms with Crippen molar-refractivity contribution in [3.8, 4) is 0 Å². The summed E-state index contributed by atoms with van der Waals surface area (Å²) in [6.07, 6.45) is -4.57. The van der Waals surface area contributed by atoms with E-state index in [0.717, 1.165) is 33.6 Å². The van der Waals surface area contributed by atoms with Crippen LogP contribution in [0.3, 0.4) is 0 Å². The van der Waals surface area contributed by atoms with Crippen molar-refractivity contribution in [1.29, 1.82) is 0 Å². The van der Waals surface area contributed by atoms with E-state index in [2.05, 4.69) is 20.1 Å². The molecule has 0 radical (unpaired) electrons. The van der Waals surface area contributed by atoms with E-state index in [1.165, 1.54) is 0 Å². The molecule has 1 fully saturated rings. The molecule has 0 saturated carbocycles. The average molecular weight is 378 g/mol. The average Bonchev–Trinajstić information content (AvgIpc) is 2.90. The normalized spacial score (nSPS) is 15.4. The topological polar surface area (TPSA) is 68.3 Å². The van der Waals surface area contributed by atoms with Gasteiger partial charge in [0.15, 0.2) is 11.3 Å². The molecule has 0 aliphatic carbocycles. The number of fused-ring (bicyclic) bond motifs is 1. The molecule has 0 N–H and O–H groups in total. The Balaban J connectivity index is 1.52. The van der Waals surface area contributed by atoms with Crippen LogP contribution in [0.5, 0.6) is 0 Å². The standard InChI is InChI=1S/C17H17F3N6O/c1-10-6-15(26-14(21-10)5-11(2)22-26)24-7-12(8-24)9-25-16(27)4-3-13(23-25)17(18,19)20/h3-6,12H,7-9H2,1-2H3. The molecule has 10 heteroatoms. The highest BCUT2D eigenvalue weighted by atomic mass is 19.4. The van der Waals surface area contributed by atoms with E-state index in [0.29, 0.717) is 19.2 Å². The van der Waals surface area contributed by atoms with Crippen LogP contribution in [0.4, 0.5) is 19.0 Å². The predicted molar refractivity (Wildman–Crippen MR) is 91.7 cm³/mol. The highest BCUT2D eigenvalue weighted by Crippen LogP contribution is 2.28. The number of anilines is 1. The SMILES string of the molecule is Cc1cc(N2CC(Cn3nc(C(F)(F)F)ccc3=O)C2)n2nc(C)cc2n1. The van der Waals surface area contributed by atoms with Crippen LogP contribution in [0.2, 0.25) is 0 Å². The highest BCUT2D eigenvalue weighted by Gasteiger charge is 2.34. The Labute approximate surface area is 152 Å². The first-order valence-corrected chi connectivity index (χ1v) is 8.45. The Morgan fingerprint density at radius 2 is 1.85 bits per heavy atom. The van der Waals surface area contributed by atoms with Gasteiger partial charge in [-0.3, -0.25) is 4.79 Å². The van der Waals surface area contributed by atoms with Crippen molar-refractivity contribution in [2.24, 2.45) is 5.92 Å². The fraction of sp³-hybridized carbons (Fsp3) is 0.412. The molecule has 0 unspecified atom stereocenters. The minimum absolute atomic E-state index is 0.0267. The van der Waals surface area contributed by atoms with Gasteiger partial charge in [0.1, 0.15) is 5.82 Å². The van der Waals surface area contributed by atoms with Gasteiger partial charge in [-0.25, -0.2) is 9.67 Å². The largest absolute Gasteiger partial charge is 0.435 e. The molecular weight excluding hydrogens is 361 g/mol. The first-order valence-electron chi connectivity index (χ1n) is 8.45. The molecule has 1 aliphatic rings. The number of aromatic nitrogens is 5. The molecule has 1 aliphatic heterocycles. The van der Waals surface area contributed by atoms with Gasteiger partial charge in [-0.15, -0.1) is 0 Å². The van der Waals surface area contributed by atoms with E-state index in [-0.39, 0.29) is 12.5 Å². The summed E-state index contributed by atoms with van der Waals surface area (Å²) in [4.78, 5) is 18.4. The van der Waals surface area contributed by atoms with Crippen molar-refractivity contribution in [2.45, 2.75) is 26.6 Å². The summed E-state index contributed by atoms with van der Waals surface area (Å²) in [6.45, 7) is 5.13. The number of hydrogen-bond donors (Lipinski definition) is 0. The van der Waals surface area contributed by atoms with Crippen molar-refractivity contribution in [1.82, 2.24) is 24.4 Å². The summed E-state index contributed by atoms with van der Waals surface area (Å²) in [5.41, 5.74) is 0.868. The van der Waals surface area contributed by atoms with E-state index < -0.39 is 17.4 Å². The molecule has 0 aromatic carbocycles. The summed E-state index contributed by atoms with van der Waals surface area (Å²) < 4.78 is 41.1. The minimum atomic E-state index is -4.57. The van der Waals surface area contributed by atoms with Crippen molar-refractivity contribution in [2.75, 3.05) is 18.0 Å². The first-order chi connectivity index (χ1) is 12.7. The highest BCUT2D eigenvalue weighted by molar-refractivity contribution is 5.53. The molecule has 142 valence electrons. The molecule has 4 heterocycles. The molecule has 0 atom stereocenters. The van der Waals surface area contributed by atoms with Gasteiger partial charge < -0.3 is 4.90 Å². The fourth-order valence-corrected chi connectivity index (χ4v) is 3.27. The van der Waals surface area contributed by atoms with Gasteiger partial charge in [0.2, 0.25) is 0 Å². The molecule has 0 bridgehead atoms. The molecule has 7 nitrogen and oxygen atoms in total. The van der Waals surface area contributed by atoms with E-state index in [4.69, 9.17) is 0 Å². The summed E-state index contributed by atoms with van der Waals surface area (Å²) in [5.74, 6) is 0.907. The van der Waals surface area contributed by atoms with Crippen LogP contribution in [0, 0.1) is 19.8 Å². The number of halogens is 3. The maximum absolute atomic E-state index is 12.8. The maximum Gasteiger partial charge on any atom is 0.435 e. The van der Waals surface area contributed by atoms with E-state index in [1.807, 2.05) is 26.0 Å². The van der Waals surface area contributed by atoms with E-state index in [9.17, 15) is 18.0 Å². The third-order valence-electron chi connectivity index (χ3n) is 4.53. The van der Waals surface area contributed by atoms with Crippen LogP contribution in [-0.2, 0) is 12.7 Å². The van der Waals surface area contributed by atoms with E-state index in [1.54, 1.807) is 4.52 Å². The van der Waals surface area contributed by atoms with Crippen LogP contribution < -0.4 is 10.5 Å². The van der Waals surface area contributed by atoms with Gasteiger partial charge in [0, 0.05) is 42.9 Å². The summed E-state index contributed by atoms with van der Waals surface area (Å²) in [5, 5.41) is 7.90. The maximum atomic E-state index is 12.8. The van der Waals surface area contributed by atoms with Crippen LogP contribution in [-0.4, -0.2) is 37.5 Å². The zero-order valence-corrected chi connectivity index (χ0v) is 14.7. The Kier molecular flexibility index (Phi) is 3.93. The number of rotatable bonds is 3. The fourth-order valence-electron chi connectivity index (χ4n) is 3.27. The zero-order chi connectivity index (χ0) is 19.3. The molecule has 4 rings (SSSR count). The molecule has 0 spiro atoms. The van der Waals surface area contributed by atoms with Gasteiger partial charge in [-0.1, -0.05) is 0 Å². The monoisotopic (exact) mass is 378 g/mol. The van der Waals surface area contributed by atoms with Crippen molar-refractivity contribution >= 4 is 11.5 Å². The first kappa shape index (κ1) is 17.5. The van der Waals surface area contributed by atoms with Crippen LogP contribution >= 0.6 is 0 Å². The summed E-state index contributed by atoms with van der Waals surface area (Å²) in [7, 11) is 0. The van der Waals surface area contributed by atoms with Crippen molar-refractivity contribution < 1.29 is 13.2 Å². The second kappa shape index (κ2) is 6.07. The molecule has 1 saturated heterocycles. The number of hydrogen-bond acceptors (Lipinski definition) is 5. The predicted octanol–water partition coefficient (Wildman–Crippen LogP) is 2.06. The quantitative estimate of drug-likeness (QED) is 0.698. The zero-order valence-electron chi connectivity index (χ0n) is 14.7. The lowest BCUT2D eigenvalue weighted by Crippen LogP contribution is -2.50. The third-order valence-corrected chi connectivity index (χ3v) is 4.53. The van der Waals surface area contributed by atoms with Crippen molar-refractivity contribution in [3.05, 3.63) is 51.7 Å². The molecule has 27 heavy (non-hydrogen) atoms. The van der Waals surface area contributed by atoms with Gasteiger partial charge in [0.05, 0.1) is 12.2 Å². The number of nitrogens with zero attached hydrogens (tertiary/aromatic N) is 6.